The Kier molecular flexibility index (Phi) is 2.86. The highest BCUT2D eigenvalue weighted by Crippen LogP contribution is 2.29. The van der Waals surface area contributed by atoms with Crippen molar-refractivity contribution in [2.45, 2.75) is 37.8 Å². The first kappa shape index (κ1) is 10.4. The van der Waals surface area contributed by atoms with Crippen molar-refractivity contribution in [2.75, 3.05) is 0 Å². The normalized spacial score (nSPS) is 26.4. The lowest BCUT2D eigenvalue weighted by Gasteiger charge is -2.23. The molecule has 0 radical (unpaired) electrons. The van der Waals surface area contributed by atoms with Crippen LogP contribution in [0.3, 0.4) is 0 Å². The minimum Gasteiger partial charge on any atom is -0.268 e. The van der Waals surface area contributed by atoms with Gasteiger partial charge in [0, 0.05) is 35.3 Å². The Balaban J connectivity index is 2.03. The molecule has 1 aliphatic carbocycles. The number of hydrogen-bond acceptors (Lipinski definition) is 4. The zero-order chi connectivity index (χ0) is 10.8. The molecule has 1 aromatic heterocycles. The van der Waals surface area contributed by atoms with Crippen molar-refractivity contribution in [3.63, 3.8) is 0 Å². The van der Waals surface area contributed by atoms with Gasteiger partial charge in [-0.05, 0) is 12.8 Å². The molecule has 1 saturated carbocycles. The first-order valence-corrected chi connectivity index (χ1v) is 5.82. The lowest BCUT2D eigenvalue weighted by molar-refractivity contribution is -0.526. The Hall–Kier alpha value is -1.17. The third-order valence-corrected chi connectivity index (χ3v) is 3.86. The van der Waals surface area contributed by atoms with Gasteiger partial charge in [-0.1, -0.05) is 11.5 Å². The summed E-state index contributed by atoms with van der Waals surface area (Å²) in [7, 11) is 0. The van der Waals surface area contributed by atoms with Gasteiger partial charge < -0.3 is 0 Å². The fraction of sp³-hybridized carbons (Fsp3) is 0.667. The number of aromatic nitrogens is 1. The molecule has 6 heteroatoms. The molecule has 0 aliphatic heterocycles. The van der Waals surface area contributed by atoms with Crippen molar-refractivity contribution >= 4 is 11.5 Å². The molecular formula is C9H12N2O3S. The number of nitrogens with zero attached hydrogens (tertiary/aromatic N) is 2. The minimum atomic E-state index is -0.406. The molecule has 15 heavy (non-hydrogen) atoms. The maximum atomic E-state index is 11.4. The second kappa shape index (κ2) is 4.14. The Labute approximate surface area is 90.6 Å². The van der Waals surface area contributed by atoms with E-state index in [0.717, 1.165) is 12.8 Å². The summed E-state index contributed by atoms with van der Waals surface area (Å²) in [5.41, 5.74) is 0.0181. The summed E-state index contributed by atoms with van der Waals surface area (Å²) < 4.78 is 1.73. The predicted octanol–water partition coefficient (Wildman–Crippen LogP) is 1.67. The van der Waals surface area contributed by atoms with E-state index < -0.39 is 6.04 Å². The standard InChI is InChI=1S/C9H12N2O3S/c12-9-5-6-15-10(9)7-1-3-8(4-2-7)11(13)14/h5-8H,1-4H2. The average Bonchev–Trinajstić information content (AvgIpc) is 2.65. The summed E-state index contributed by atoms with van der Waals surface area (Å²) in [5, 5.41) is 12.3. The van der Waals surface area contributed by atoms with Crippen molar-refractivity contribution in [3.05, 3.63) is 31.9 Å². The Morgan fingerprint density at radius 2 is 2.07 bits per heavy atom. The van der Waals surface area contributed by atoms with Crippen LogP contribution in [0.5, 0.6) is 0 Å². The van der Waals surface area contributed by atoms with E-state index in [4.69, 9.17) is 0 Å². The molecule has 1 aromatic rings. The second-order valence-corrected chi connectivity index (χ2v) is 4.70. The largest absolute Gasteiger partial charge is 0.268 e. The molecule has 0 N–H and O–H groups in total. The third-order valence-electron chi connectivity index (χ3n) is 2.90. The van der Waals surface area contributed by atoms with Crippen LogP contribution in [0.4, 0.5) is 0 Å². The fourth-order valence-corrected chi connectivity index (χ4v) is 2.91. The summed E-state index contributed by atoms with van der Waals surface area (Å²) in [4.78, 5) is 21.7. The van der Waals surface area contributed by atoms with Crippen molar-refractivity contribution in [2.24, 2.45) is 0 Å². The topological polar surface area (TPSA) is 65.1 Å². The van der Waals surface area contributed by atoms with Gasteiger partial charge in [0.15, 0.2) is 0 Å². The molecule has 2 rings (SSSR count). The summed E-state index contributed by atoms with van der Waals surface area (Å²) >= 11 is 1.40. The molecule has 0 amide bonds. The molecule has 0 spiro atoms. The number of nitro groups is 1. The Morgan fingerprint density at radius 1 is 1.40 bits per heavy atom. The van der Waals surface area contributed by atoms with Crippen molar-refractivity contribution in [1.82, 2.24) is 3.96 Å². The molecule has 82 valence electrons. The molecule has 1 heterocycles. The first-order valence-electron chi connectivity index (χ1n) is 4.98. The van der Waals surface area contributed by atoms with Crippen LogP contribution < -0.4 is 5.56 Å². The van der Waals surface area contributed by atoms with E-state index in [-0.39, 0.29) is 16.5 Å². The highest BCUT2D eigenvalue weighted by atomic mass is 32.1. The van der Waals surface area contributed by atoms with E-state index in [1.807, 2.05) is 0 Å². The maximum Gasteiger partial charge on any atom is 0.260 e. The average molecular weight is 228 g/mol. The van der Waals surface area contributed by atoms with Crippen LogP contribution in [0.1, 0.15) is 31.7 Å². The number of hydrogen-bond donors (Lipinski definition) is 0. The van der Waals surface area contributed by atoms with Crippen LogP contribution in [-0.4, -0.2) is 14.9 Å². The minimum absolute atomic E-state index is 0.0181. The predicted molar refractivity (Wildman–Crippen MR) is 56.9 cm³/mol. The lowest BCUT2D eigenvalue weighted by atomic mass is 9.92. The van der Waals surface area contributed by atoms with E-state index >= 15 is 0 Å². The van der Waals surface area contributed by atoms with Gasteiger partial charge in [0.25, 0.3) is 5.56 Å². The molecule has 0 bridgehead atoms. The van der Waals surface area contributed by atoms with Crippen LogP contribution in [0, 0.1) is 10.1 Å². The fourth-order valence-electron chi connectivity index (χ4n) is 2.05. The molecule has 0 saturated heterocycles. The Bertz CT molecular complexity index is 403. The zero-order valence-electron chi connectivity index (χ0n) is 8.17. The molecule has 1 aliphatic rings. The lowest BCUT2D eigenvalue weighted by Crippen LogP contribution is -2.29. The molecule has 0 atom stereocenters. The van der Waals surface area contributed by atoms with E-state index in [1.54, 1.807) is 15.4 Å². The van der Waals surface area contributed by atoms with Crippen LogP contribution in [0.15, 0.2) is 16.2 Å². The van der Waals surface area contributed by atoms with E-state index in [9.17, 15) is 14.9 Å². The van der Waals surface area contributed by atoms with Gasteiger partial charge in [-0.2, -0.15) is 0 Å². The van der Waals surface area contributed by atoms with Crippen molar-refractivity contribution in [3.8, 4) is 0 Å². The highest BCUT2D eigenvalue weighted by Gasteiger charge is 2.29. The maximum absolute atomic E-state index is 11.4. The van der Waals surface area contributed by atoms with Gasteiger partial charge in [0.2, 0.25) is 6.04 Å². The number of rotatable bonds is 2. The quantitative estimate of drug-likeness (QED) is 0.571. The van der Waals surface area contributed by atoms with Crippen LogP contribution in [0.2, 0.25) is 0 Å². The third kappa shape index (κ3) is 2.09. The molecule has 0 aromatic carbocycles. The first-order chi connectivity index (χ1) is 7.18. The molecule has 0 unspecified atom stereocenters. The second-order valence-electron chi connectivity index (χ2n) is 3.82. The summed E-state index contributed by atoms with van der Waals surface area (Å²) in [6.07, 6.45) is 2.65. The summed E-state index contributed by atoms with van der Waals surface area (Å²) in [5.74, 6) is 0. The van der Waals surface area contributed by atoms with Gasteiger partial charge in [-0.3, -0.25) is 18.9 Å². The van der Waals surface area contributed by atoms with Crippen molar-refractivity contribution < 1.29 is 4.92 Å². The van der Waals surface area contributed by atoms with E-state index in [0.29, 0.717) is 12.8 Å². The zero-order valence-corrected chi connectivity index (χ0v) is 8.98. The van der Waals surface area contributed by atoms with Crippen LogP contribution >= 0.6 is 11.5 Å². The summed E-state index contributed by atoms with van der Waals surface area (Å²) in [6, 6.07) is 1.31. The highest BCUT2D eigenvalue weighted by molar-refractivity contribution is 7.04. The molecule has 5 nitrogen and oxygen atoms in total. The van der Waals surface area contributed by atoms with Gasteiger partial charge >= 0.3 is 0 Å². The van der Waals surface area contributed by atoms with Crippen LogP contribution in [-0.2, 0) is 0 Å². The molecule has 1 fully saturated rings. The van der Waals surface area contributed by atoms with Gasteiger partial charge in [-0.15, -0.1) is 0 Å². The SMILES string of the molecule is O=c1ccsn1C1CCC([N+](=O)[O-])CC1. The van der Waals surface area contributed by atoms with Crippen molar-refractivity contribution in [1.29, 1.82) is 0 Å². The molecular weight excluding hydrogens is 216 g/mol. The summed E-state index contributed by atoms with van der Waals surface area (Å²) in [6.45, 7) is 0. The monoisotopic (exact) mass is 228 g/mol. The van der Waals surface area contributed by atoms with E-state index in [2.05, 4.69) is 0 Å². The van der Waals surface area contributed by atoms with Gasteiger partial charge in [0.1, 0.15) is 0 Å². The Morgan fingerprint density at radius 3 is 2.53 bits per heavy atom. The smallest absolute Gasteiger partial charge is 0.260 e. The van der Waals surface area contributed by atoms with Crippen LogP contribution in [0.25, 0.3) is 0 Å². The van der Waals surface area contributed by atoms with Gasteiger partial charge in [0.05, 0.1) is 0 Å². The van der Waals surface area contributed by atoms with Gasteiger partial charge in [-0.25, -0.2) is 0 Å². The van der Waals surface area contributed by atoms with E-state index in [1.165, 1.54) is 11.5 Å².